The third-order valence-corrected chi connectivity index (χ3v) is 7.79. The Morgan fingerprint density at radius 3 is 2.26 bits per heavy atom. The first-order valence-electron chi connectivity index (χ1n) is 12.7. The van der Waals surface area contributed by atoms with Gasteiger partial charge in [0.05, 0.1) is 25.7 Å². The molecule has 0 amide bonds. The molecule has 0 unspecified atom stereocenters. The number of methoxy groups -OCH3 is 2. The summed E-state index contributed by atoms with van der Waals surface area (Å²) in [6.07, 6.45) is 5.12. The van der Waals surface area contributed by atoms with Crippen LogP contribution in [0.15, 0.2) is 48.8 Å². The highest BCUT2D eigenvalue weighted by atomic mass is 19.1. The summed E-state index contributed by atoms with van der Waals surface area (Å²) < 4.78 is 40.2. The number of H-pyrrole nitrogens is 1. The molecule has 1 aliphatic heterocycles. The number of likely N-dealkylation sites (tertiary alicyclic amines) is 1. The minimum absolute atomic E-state index is 0.00519. The fraction of sp³-hybridized carbons (Fsp3) is 0.333. The molecule has 8 heteroatoms. The van der Waals surface area contributed by atoms with E-state index in [2.05, 4.69) is 27.9 Å². The van der Waals surface area contributed by atoms with Gasteiger partial charge in [0.15, 0.2) is 23.1 Å². The Kier molecular flexibility index (Phi) is 7.04. The molecule has 5 rings (SSSR count). The first-order chi connectivity index (χ1) is 18.4. The molecule has 0 radical (unpaired) electrons. The number of hydrogen-bond acceptors (Lipinski definition) is 5. The molecule has 0 atom stereocenters. The van der Waals surface area contributed by atoms with Gasteiger partial charge in [-0.15, -0.1) is 0 Å². The van der Waals surface area contributed by atoms with E-state index in [-0.39, 0.29) is 23.5 Å². The van der Waals surface area contributed by atoms with Gasteiger partial charge in [0, 0.05) is 41.4 Å². The van der Waals surface area contributed by atoms with Crippen LogP contribution in [0.5, 0.6) is 11.5 Å². The van der Waals surface area contributed by atoms with Crippen LogP contribution < -0.4 is 9.47 Å². The van der Waals surface area contributed by atoms with Crippen molar-refractivity contribution in [2.24, 2.45) is 0 Å². The Balaban J connectivity index is 1.46. The number of aromatic amines is 1. The Bertz CT molecular complexity index is 1470. The van der Waals surface area contributed by atoms with Crippen molar-refractivity contribution in [2.75, 3.05) is 33.9 Å². The lowest BCUT2D eigenvalue weighted by Gasteiger charge is -2.37. The third-order valence-electron chi connectivity index (χ3n) is 7.79. The zero-order valence-electron chi connectivity index (χ0n) is 21.8. The Morgan fingerprint density at radius 1 is 1.03 bits per heavy atom. The second kappa shape index (κ2) is 10.4. The van der Waals surface area contributed by atoms with Crippen LogP contribution in [0, 0.1) is 23.0 Å². The summed E-state index contributed by atoms with van der Waals surface area (Å²) in [5, 5.41) is 10.8. The summed E-state index contributed by atoms with van der Waals surface area (Å²) in [6, 6.07) is 13.9. The summed E-state index contributed by atoms with van der Waals surface area (Å²) >= 11 is 0. The lowest BCUT2D eigenvalue weighted by atomic mass is 9.74. The molecular formula is C30H30F2N4O2. The number of rotatable bonds is 7. The van der Waals surface area contributed by atoms with Crippen molar-refractivity contribution in [1.82, 2.24) is 14.9 Å². The topological polar surface area (TPSA) is 74.2 Å². The average molecular weight is 517 g/mol. The standard InChI is InChI=1S/C30H30F2N4O2/c1-4-36-11-9-30(18-33,10-12-36)22-7-5-19(6-8-22)20-13-23-21(17-35-29(23)34-16-20)14-24-27(31)25(37-2)15-26(38-3)28(24)32/h5-8,13,15-17H,4,9-12,14H2,1-3H3,(H,34,35). The molecule has 2 aromatic carbocycles. The SMILES string of the molecule is CCN1CCC(C#N)(c2ccc(-c3cnc4[nH]cc(Cc5c(F)c(OC)cc(OC)c5F)c4c3)cc2)CC1. The number of nitrogens with one attached hydrogen (secondary N) is 1. The number of halogens is 2. The van der Waals surface area contributed by atoms with Crippen molar-refractivity contribution in [3.05, 3.63) is 77.1 Å². The van der Waals surface area contributed by atoms with Gasteiger partial charge < -0.3 is 19.4 Å². The Morgan fingerprint density at radius 2 is 1.68 bits per heavy atom. The zero-order chi connectivity index (χ0) is 26.9. The van der Waals surface area contributed by atoms with Crippen LogP contribution in [0.4, 0.5) is 8.78 Å². The van der Waals surface area contributed by atoms with Crippen LogP contribution in [-0.4, -0.2) is 48.7 Å². The van der Waals surface area contributed by atoms with Gasteiger partial charge in [-0.3, -0.25) is 0 Å². The number of nitrogens with zero attached hydrogens (tertiary/aromatic N) is 3. The second-order valence-corrected chi connectivity index (χ2v) is 9.70. The van der Waals surface area contributed by atoms with Crippen LogP contribution in [0.25, 0.3) is 22.2 Å². The van der Waals surface area contributed by atoms with Gasteiger partial charge in [-0.25, -0.2) is 13.8 Å². The molecule has 1 saturated heterocycles. The van der Waals surface area contributed by atoms with Crippen molar-refractivity contribution in [2.45, 2.75) is 31.6 Å². The first-order valence-corrected chi connectivity index (χ1v) is 12.7. The lowest BCUT2D eigenvalue weighted by Crippen LogP contribution is -2.41. The number of nitriles is 1. The van der Waals surface area contributed by atoms with Crippen molar-refractivity contribution < 1.29 is 18.3 Å². The molecule has 2 aromatic heterocycles. The average Bonchev–Trinajstić information content (AvgIpc) is 3.37. The molecule has 0 saturated carbocycles. The van der Waals surface area contributed by atoms with Gasteiger partial charge >= 0.3 is 0 Å². The minimum atomic E-state index is -0.754. The Labute approximate surface area is 220 Å². The molecule has 38 heavy (non-hydrogen) atoms. The predicted molar refractivity (Wildman–Crippen MR) is 142 cm³/mol. The second-order valence-electron chi connectivity index (χ2n) is 9.70. The number of benzene rings is 2. The number of piperidine rings is 1. The van der Waals surface area contributed by atoms with Gasteiger partial charge in [-0.1, -0.05) is 31.2 Å². The van der Waals surface area contributed by atoms with Crippen molar-refractivity contribution >= 4 is 11.0 Å². The molecule has 4 aromatic rings. The monoisotopic (exact) mass is 516 g/mol. The van der Waals surface area contributed by atoms with Crippen molar-refractivity contribution in [3.63, 3.8) is 0 Å². The van der Waals surface area contributed by atoms with E-state index in [4.69, 9.17) is 9.47 Å². The first kappa shape index (κ1) is 25.7. The normalized spacial score (nSPS) is 15.4. The number of hydrogen-bond donors (Lipinski definition) is 1. The van der Waals surface area contributed by atoms with Crippen LogP contribution >= 0.6 is 0 Å². The van der Waals surface area contributed by atoms with E-state index >= 15 is 8.78 Å². The molecule has 6 nitrogen and oxygen atoms in total. The maximum Gasteiger partial charge on any atom is 0.171 e. The van der Waals surface area contributed by atoms with E-state index in [0.717, 1.165) is 54.6 Å². The summed E-state index contributed by atoms with van der Waals surface area (Å²) in [4.78, 5) is 10.0. The van der Waals surface area contributed by atoms with E-state index in [0.29, 0.717) is 11.2 Å². The van der Waals surface area contributed by atoms with Crippen LogP contribution in [0.3, 0.4) is 0 Å². The molecule has 3 heterocycles. The van der Waals surface area contributed by atoms with Crippen LogP contribution in [0.2, 0.25) is 0 Å². The number of aromatic nitrogens is 2. The summed E-state index contributed by atoms with van der Waals surface area (Å²) in [7, 11) is 2.67. The van der Waals surface area contributed by atoms with Gasteiger partial charge in [0.2, 0.25) is 0 Å². The maximum absolute atomic E-state index is 15.0. The van der Waals surface area contributed by atoms with E-state index in [1.54, 1.807) is 12.4 Å². The van der Waals surface area contributed by atoms with Crippen molar-refractivity contribution in [1.29, 1.82) is 5.26 Å². The highest BCUT2D eigenvalue weighted by Gasteiger charge is 2.36. The quantitative estimate of drug-likeness (QED) is 0.327. The van der Waals surface area contributed by atoms with E-state index in [1.165, 1.54) is 20.3 Å². The van der Waals surface area contributed by atoms with E-state index < -0.39 is 17.0 Å². The molecule has 0 spiro atoms. The van der Waals surface area contributed by atoms with Gasteiger partial charge in [0.1, 0.15) is 5.65 Å². The highest BCUT2D eigenvalue weighted by Crippen LogP contribution is 2.37. The summed E-state index contributed by atoms with van der Waals surface area (Å²) in [6.45, 7) is 4.99. The lowest BCUT2D eigenvalue weighted by molar-refractivity contribution is 0.194. The molecule has 0 bridgehead atoms. The maximum atomic E-state index is 15.0. The molecule has 0 aliphatic carbocycles. The van der Waals surface area contributed by atoms with E-state index in [9.17, 15) is 5.26 Å². The minimum Gasteiger partial charge on any atom is -0.494 e. The van der Waals surface area contributed by atoms with Crippen LogP contribution in [0.1, 0.15) is 36.5 Å². The van der Waals surface area contributed by atoms with Crippen LogP contribution in [-0.2, 0) is 11.8 Å². The zero-order valence-corrected chi connectivity index (χ0v) is 21.8. The summed E-state index contributed by atoms with van der Waals surface area (Å²) in [5.74, 6) is -1.66. The third kappa shape index (κ3) is 4.48. The molecule has 1 fully saturated rings. The van der Waals surface area contributed by atoms with Gasteiger partial charge in [-0.2, -0.15) is 5.26 Å². The van der Waals surface area contributed by atoms with Crippen molar-refractivity contribution in [3.8, 4) is 28.7 Å². The largest absolute Gasteiger partial charge is 0.494 e. The molecule has 196 valence electrons. The number of fused-ring (bicyclic) bond motifs is 1. The number of ether oxygens (including phenoxy) is 2. The highest BCUT2D eigenvalue weighted by molar-refractivity contribution is 5.85. The fourth-order valence-corrected chi connectivity index (χ4v) is 5.34. The smallest absolute Gasteiger partial charge is 0.171 e. The summed E-state index contributed by atoms with van der Waals surface area (Å²) in [5.41, 5.74) is 3.59. The van der Waals surface area contributed by atoms with E-state index in [1.807, 2.05) is 30.3 Å². The number of pyridine rings is 1. The molecular weight excluding hydrogens is 486 g/mol. The fourth-order valence-electron chi connectivity index (χ4n) is 5.34. The molecule has 1 N–H and O–H groups in total. The Hall–Kier alpha value is -3.96. The predicted octanol–water partition coefficient (Wildman–Crippen LogP) is 5.99. The molecule has 1 aliphatic rings. The van der Waals surface area contributed by atoms with Gasteiger partial charge in [-0.05, 0) is 55.2 Å². The van der Waals surface area contributed by atoms with Gasteiger partial charge in [0.25, 0.3) is 0 Å².